The number of carbonyl (C=O) groups excluding carboxylic acids is 2. The summed E-state index contributed by atoms with van der Waals surface area (Å²) in [7, 11) is 0. The molecule has 3 atom stereocenters. The van der Waals surface area contributed by atoms with Gasteiger partial charge >= 0.3 is 12.1 Å². The number of hydrogen-bond donors (Lipinski definition) is 1. The largest absolute Gasteiger partial charge is 0.466 e. The molecule has 0 saturated heterocycles. The van der Waals surface area contributed by atoms with E-state index in [4.69, 9.17) is 9.47 Å². The van der Waals surface area contributed by atoms with E-state index in [1.165, 1.54) is 29.5 Å². The van der Waals surface area contributed by atoms with Crippen LogP contribution in [0.2, 0.25) is 0 Å². The van der Waals surface area contributed by atoms with Crippen LogP contribution in [0.4, 0.5) is 4.79 Å². The molecule has 0 radical (unpaired) electrons. The van der Waals surface area contributed by atoms with Gasteiger partial charge in [0.15, 0.2) is 0 Å². The number of esters is 1. The van der Waals surface area contributed by atoms with Gasteiger partial charge in [-0.15, -0.1) is 0 Å². The van der Waals surface area contributed by atoms with Crippen LogP contribution < -0.4 is 5.32 Å². The zero-order valence-corrected chi connectivity index (χ0v) is 20.7. The summed E-state index contributed by atoms with van der Waals surface area (Å²) in [5.74, 6) is 0.240. The standard InChI is InChI=1S/C30H37NO4/c1-2-34-29(32)20-23-13-18-28(31-30(33)35-21-22-9-5-3-6-10-22)27(19-23)26-16-14-25(15-17-26)24-11-7-4-8-12-24/h3,5-6,9-11,14-17,23,27-28H,2,4,7-8,12-13,18-21H2,1H3,(H,31,33)/t23-,27+,28-/m1/s1. The van der Waals surface area contributed by atoms with Crippen LogP contribution in [0.25, 0.3) is 5.57 Å². The van der Waals surface area contributed by atoms with E-state index in [9.17, 15) is 9.59 Å². The van der Waals surface area contributed by atoms with Crippen molar-refractivity contribution in [3.05, 3.63) is 77.4 Å². The number of benzene rings is 2. The Hall–Kier alpha value is -3.08. The first-order valence-corrected chi connectivity index (χ1v) is 13.0. The number of nitrogens with one attached hydrogen (secondary N) is 1. The van der Waals surface area contributed by atoms with Crippen molar-refractivity contribution in [3.63, 3.8) is 0 Å². The maximum absolute atomic E-state index is 12.7. The van der Waals surface area contributed by atoms with E-state index in [1.807, 2.05) is 37.3 Å². The summed E-state index contributed by atoms with van der Waals surface area (Å²) in [5.41, 5.74) is 4.89. The Morgan fingerprint density at radius 3 is 2.49 bits per heavy atom. The third-order valence-electron chi connectivity index (χ3n) is 7.24. The lowest BCUT2D eigenvalue weighted by molar-refractivity contribution is -0.144. The van der Waals surface area contributed by atoms with Crippen LogP contribution in [0, 0.1) is 5.92 Å². The Kier molecular flexibility index (Phi) is 8.99. The summed E-state index contributed by atoms with van der Waals surface area (Å²) in [5, 5.41) is 3.13. The topological polar surface area (TPSA) is 64.6 Å². The summed E-state index contributed by atoms with van der Waals surface area (Å²) in [6.07, 6.45) is 9.76. The second-order valence-electron chi connectivity index (χ2n) is 9.70. The maximum atomic E-state index is 12.7. The molecule has 35 heavy (non-hydrogen) atoms. The molecule has 1 N–H and O–H groups in total. The number of carbonyl (C=O) groups is 2. The summed E-state index contributed by atoms with van der Waals surface area (Å²) in [6.45, 7) is 2.50. The van der Waals surface area contributed by atoms with Crippen LogP contribution >= 0.6 is 0 Å². The smallest absolute Gasteiger partial charge is 0.407 e. The number of amides is 1. The monoisotopic (exact) mass is 475 g/mol. The lowest BCUT2D eigenvalue weighted by Gasteiger charge is -2.36. The molecule has 0 heterocycles. The fraction of sp³-hybridized carbons (Fsp3) is 0.467. The lowest BCUT2D eigenvalue weighted by Crippen LogP contribution is -2.43. The Labute approximate surface area is 208 Å². The Morgan fingerprint density at radius 2 is 1.77 bits per heavy atom. The molecule has 1 amide bonds. The fourth-order valence-corrected chi connectivity index (χ4v) is 5.40. The minimum absolute atomic E-state index is 0.0311. The minimum Gasteiger partial charge on any atom is -0.466 e. The van der Waals surface area contributed by atoms with Crippen LogP contribution in [0.5, 0.6) is 0 Å². The van der Waals surface area contributed by atoms with E-state index in [0.29, 0.717) is 13.0 Å². The first-order valence-electron chi connectivity index (χ1n) is 13.0. The number of ether oxygens (including phenoxy) is 2. The molecule has 1 saturated carbocycles. The summed E-state index contributed by atoms with van der Waals surface area (Å²) < 4.78 is 10.7. The molecular weight excluding hydrogens is 438 g/mol. The van der Waals surface area contributed by atoms with Gasteiger partial charge in [-0.3, -0.25) is 4.79 Å². The molecule has 0 aromatic heterocycles. The molecule has 5 heteroatoms. The van der Waals surface area contributed by atoms with E-state index >= 15 is 0 Å². The van der Waals surface area contributed by atoms with Gasteiger partial charge in [0.1, 0.15) is 6.61 Å². The quantitative estimate of drug-likeness (QED) is 0.428. The summed E-state index contributed by atoms with van der Waals surface area (Å²) >= 11 is 0. The van der Waals surface area contributed by atoms with Gasteiger partial charge in [-0.2, -0.15) is 0 Å². The van der Waals surface area contributed by atoms with Gasteiger partial charge in [-0.25, -0.2) is 4.79 Å². The molecule has 0 aliphatic heterocycles. The van der Waals surface area contributed by atoms with Crippen molar-refractivity contribution in [2.24, 2.45) is 5.92 Å². The van der Waals surface area contributed by atoms with E-state index in [1.54, 1.807) is 0 Å². The van der Waals surface area contributed by atoms with Crippen molar-refractivity contribution in [1.29, 1.82) is 0 Å². The van der Waals surface area contributed by atoms with E-state index in [0.717, 1.165) is 37.7 Å². The molecule has 2 aromatic rings. The molecule has 2 aliphatic rings. The third kappa shape index (κ3) is 7.20. The third-order valence-corrected chi connectivity index (χ3v) is 7.24. The van der Waals surface area contributed by atoms with E-state index in [2.05, 4.69) is 35.7 Å². The number of allylic oxidation sites excluding steroid dienone is 2. The van der Waals surface area contributed by atoms with Gasteiger partial charge < -0.3 is 14.8 Å². The predicted octanol–water partition coefficient (Wildman–Crippen LogP) is 6.78. The SMILES string of the molecule is CCOC(=O)C[C@@H]1CC[C@@H](NC(=O)OCc2ccccc2)[C@H](c2ccc(C3=CCCCC3)cc2)C1. The summed E-state index contributed by atoms with van der Waals surface area (Å²) in [6, 6.07) is 18.5. The molecule has 186 valence electrons. The van der Waals surface area contributed by atoms with Crippen molar-refractivity contribution in [2.45, 2.75) is 76.9 Å². The van der Waals surface area contributed by atoms with Gasteiger partial charge in [0.05, 0.1) is 6.61 Å². The van der Waals surface area contributed by atoms with Crippen LogP contribution in [0.15, 0.2) is 60.7 Å². The van der Waals surface area contributed by atoms with E-state index in [-0.39, 0.29) is 30.5 Å². The van der Waals surface area contributed by atoms with E-state index < -0.39 is 6.09 Å². The minimum atomic E-state index is -0.392. The molecule has 4 rings (SSSR count). The Balaban J connectivity index is 1.44. The first kappa shape index (κ1) is 25.0. The highest BCUT2D eigenvalue weighted by atomic mass is 16.5. The molecule has 1 fully saturated rings. The van der Waals surface area contributed by atoms with Gasteiger partial charge in [0, 0.05) is 18.4 Å². The molecule has 2 aromatic carbocycles. The molecule has 2 aliphatic carbocycles. The first-order chi connectivity index (χ1) is 17.1. The van der Waals surface area contributed by atoms with Crippen molar-refractivity contribution in [1.82, 2.24) is 5.32 Å². The van der Waals surface area contributed by atoms with Crippen molar-refractivity contribution < 1.29 is 19.1 Å². The highest BCUT2D eigenvalue weighted by Crippen LogP contribution is 2.39. The van der Waals surface area contributed by atoms with Crippen molar-refractivity contribution in [3.8, 4) is 0 Å². The Bertz CT molecular complexity index is 999. The second-order valence-corrected chi connectivity index (χ2v) is 9.70. The number of hydrogen-bond acceptors (Lipinski definition) is 4. The zero-order valence-electron chi connectivity index (χ0n) is 20.7. The molecule has 0 spiro atoms. The number of rotatable bonds is 8. The fourth-order valence-electron chi connectivity index (χ4n) is 5.40. The van der Waals surface area contributed by atoms with Crippen LogP contribution in [0.3, 0.4) is 0 Å². The molecule has 0 bridgehead atoms. The second kappa shape index (κ2) is 12.6. The predicted molar refractivity (Wildman–Crippen MR) is 138 cm³/mol. The average molecular weight is 476 g/mol. The van der Waals surface area contributed by atoms with Crippen LogP contribution in [-0.2, 0) is 20.9 Å². The summed E-state index contributed by atoms with van der Waals surface area (Å²) in [4.78, 5) is 24.8. The van der Waals surface area contributed by atoms with Crippen molar-refractivity contribution in [2.75, 3.05) is 6.61 Å². The highest BCUT2D eigenvalue weighted by Gasteiger charge is 2.34. The van der Waals surface area contributed by atoms with Gasteiger partial charge in [-0.05, 0) is 80.1 Å². The molecule has 0 unspecified atom stereocenters. The highest BCUT2D eigenvalue weighted by molar-refractivity contribution is 5.70. The maximum Gasteiger partial charge on any atom is 0.407 e. The Morgan fingerprint density at radius 1 is 0.971 bits per heavy atom. The van der Waals surface area contributed by atoms with Crippen LogP contribution in [0.1, 0.15) is 80.9 Å². The van der Waals surface area contributed by atoms with Gasteiger partial charge in [0.2, 0.25) is 0 Å². The number of alkyl carbamates (subject to hydrolysis) is 1. The van der Waals surface area contributed by atoms with Crippen LogP contribution in [-0.4, -0.2) is 24.7 Å². The lowest BCUT2D eigenvalue weighted by atomic mass is 9.73. The van der Waals surface area contributed by atoms with Crippen molar-refractivity contribution >= 4 is 17.6 Å². The average Bonchev–Trinajstić information content (AvgIpc) is 2.90. The molecular formula is C30H37NO4. The normalized spacial score (nSPS) is 22.1. The van der Waals surface area contributed by atoms with Gasteiger partial charge in [0.25, 0.3) is 0 Å². The van der Waals surface area contributed by atoms with Gasteiger partial charge in [-0.1, -0.05) is 60.7 Å². The molecule has 5 nitrogen and oxygen atoms in total. The zero-order chi connectivity index (χ0) is 24.5.